The number of nitrogens with two attached hydrogens (primary N) is 1. The number of hydrogen-bond acceptors (Lipinski definition) is 14. The van der Waals surface area contributed by atoms with E-state index in [9.17, 15) is 48.7 Å². The van der Waals surface area contributed by atoms with Gasteiger partial charge in [-0.05, 0) is 60.9 Å². The summed E-state index contributed by atoms with van der Waals surface area (Å²) in [5, 5.41) is 37.7. The number of carbonyl (C=O) groups excluding carboxylic acids is 5. The lowest BCUT2D eigenvalue weighted by molar-refractivity contribution is -0.155. The first-order valence-corrected chi connectivity index (χ1v) is 17.4. The van der Waals surface area contributed by atoms with E-state index < -0.39 is 105 Å². The maximum Gasteiger partial charge on any atom is 0.395 e. The van der Waals surface area contributed by atoms with Gasteiger partial charge in [0.15, 0.2) is 11.9 Å². The number of aliphatic carboxylic acids is 1. The van der Waals surface area contributed by atoms with Crippen molar-refractivity contribution in [3.05, 3.63) is 29.7 Å². The van der Waals surface area contributed by atoms with Crippen molar-refractivity contribution in [2.24, 2.45) is 5.73 Å². The van der Waals surface area contributed by atoms with Gasteiger partial charge >= 0.3 is 25.6 Å². The summed E-state index contributed by atoms with van der Waals surface area (Å²) in [6.45, 7) is 0.910. The highest BCUT2D eigenvalue weighted by Gasteiger charge is 2.45. The summed E-state index contributed by atoms with van der Waals surface area (Å²) in [5.41, 5.74) is 6.01. The molecule has 286 valence electrons. The molecule has 2 rings (SSSR count). The van der Waals surface area contributed by atoms with Gasteiger partial charge < -0.3 is 56.0 Å². The quantitative estimate of drug-likeness (QED) is 0.0371. The third-order valence-electron chi connectivity index (χ3n) is 7.41. The van der Waals surface area contributed by atoms with Crippen molar-refractivity contribution in [1.82, 2.24) is 35.3 Å². The predicted molar refractivity (Wildman–Crippen MR) is 176 cm³/mol. The molecular weight excluding hydrogens is 699 g/mol. The molecule has 5 atom stereocenters. The lowest BCUT2D eigenvalue weighted by atomic mass is 10.1. The summed E-state index contributed by atoms with van der Waals surface area (Å²) < 4.78 is 30.6. The molecule has 0 fully saturated rings. The number of carboxylic acid groups (broad SMARTS) is 1. The van der Waals surface area contributed by atoms with Crippen LogP contribution in [-0.4, -0.2) is 142 Å². The molecule has 21 nitrogen and oxygen atoms in total. The van der Waals surface area contributed by atoms with Crippen molar-refractivity contribution >= 4 is 43.3 Å². The summed E-state index contributed by atoms with van der Waals surface area (Å²) in [6.07, 6.45) is -0.556. The molecule has 0 aromatic carbocycles. The van der Waals surface area contributed by atoms with Crippen LogP contribution < -0.4 is 21.7 Å². The Bertz CT molecular complexity index is 1460. The Kier molecular flexibility index (Phi) is 16.5. The second-order valence-corrected chi connectivity index (χ2v) is 14.6. The zero-order valence-electron chi connectivity index (χ0n) is 29.0. The minimum Gasteiger partial charge on any atom is -0.505 e. The summed E-state index contributed by atoms with van der Waals surface area (Å²) in [6, 6.07) is -3.63. The first-order chi connectivity index (χ1) is 23.9. The number of carboxylic acids is 1. The number of aromatic nitrogens is 2. The van der Waals surface area contributed by atoms with Crippen LogP contribution in [0.1, 0.15) is 44.7 Å². The van der Waals surface area contributed by atoms with Gasteiger partial charge in [0.2, 0.25) is 17.7 Å². The summed E-state index contributed by atoms with van der Waals surface area (Å²) >= 11 is 0. The van der Waals surface area contributed by atoms with Crippen LogP contribution in [0.15, 0.2) is 24.0 Å². The predicted octanol–water partition coefficient (Wildman–Crippen LogP) is -1.73. The number of nitrogens with one attached hydrogen (secondary N) is 4. The highest BCUT2D eigenvalue weighted by molar-refractivity contribution is 7.54. The highest BCUT2D eigenvalue weighted by Crippen LogP contribution is 2.53. The minimum atomic E-state index is -3.77. The van der Waals surface area contributed by atoms with E-state index in [1.807, 2.05) is 0 Å². The molecule has 0 saturated heterocycles. The van der Waals surface area contributed by atoms with Crippen LogP contribution in [-0.2, 0) is 53.8 Å². The van der Waals surface area contributed by atoms with Crippen LogP contribution in [0.4, 0.5) is 0 Å². The number of aliphatic hydroxyl groups is 2. The van der Waals surface area contributed by atoms with E-state index in [-0.39, 0.29) is 12.8 Å². The van der Waals surface area contributed by atoms with Gasteiger partial charge in [0.05, 0.1) is 12.7 Å². The number of unbranched alkanes of at least 4 members (excludes halogenated alkanes) is 1. The molecule has 9 N–H and O–H groups in total. The van der Waals surface area contributed by atoms with Crippen LogP contribution in [0.3, 0.4) is 0 Å². The molecule has 0 saturated carbocycles. The summed E-state index contributed by atoms with van der Waals surface area (Å²) in [7, 11) is 1.93. The molecule has 1 aromatic rings. The molecule has 1 aliphatic rings. The molecule has 22 heteroatoms. The van der Waals surface area contributed by atoms with Crippen LogP contribution in [0.5, 0.6) is 0 Å². The van der Waals surface area contributed by atoms with E-state index in [2.05, 4.69) is 25.9 Å². The molecule has 3 amide bonds. The van der Waals surface area contributed by atoms with E-state index in [1.54, 1.807) is 0 Å². The third kappa shape index (κ3) is 12.6. The monoisotopic (exact) mass is 746 g/mol. The number of carbonyl (C=O) groups is 6. The molecule has 0 bridgehead atoms. The number of esters is 2. The molecule has 1 aromatic heterocycles. The number of H-pyrrole nitrogens is 1. The molecule has 5 unspecified atom stereocenters. The van der Waals surface area contributed by atoms with E-state index in [4.69, 9.17) is 19.7 Å². The first kappa shape index (κ1) is 42.6. The van der Waals surface area contributed by atoms with E-state index >= 15 is 0 Å². The second kappa shape index (κ2) is 19.7. The van der Waals surface area contributed by atoms with Gasteiger partial charge in [-0.25, -0.2) is 28.5 Å². The molecule has 2 heterocycles. The van der Waals surface area contributed by atoms with Crippen LogP contribution in [0.2, 0.25) is 0 Å². The van der Waals surface area contributed by atoms with Crippen molar-refractivity contribution in [2.45, 2.75) is 75.8 Å². The molecule has 0 spiro atoms. The Morgan fingerprint density at radius 1 is 1.06 bits per heavy atom. The fourth-order valence-electron chi connectivity index (χ4n) is 4.52. The Labute approximate surface area is 293 Å². The van der Waals surface area contributed by atoms with Gasteiger partial charge in [0, 0.05) is 24.7 Å². The van der Waals surface area contributed by atoms with Crippen molar-refractivity contribution < 1.29 is 62.6 Å². The summed E-state index contributed by atoms with van der Waals surface area (Å²) in [4.78, 5) is 81.3. The fourth-order valence-corrected chi connectivity index (χ4v) is 5.97. The molecule has 0 aliphatic carbocycles. The van der Waals surface area contributed by atoms with Gasteiger partial charge in [-0.3, -0.25) is 19.2 Å². The number of aromatic amines is 1. The number of imidazole rings is 1. The standard InChI is InChI=1S/C29H47N8O13P/c1-16(26(42)34-18(8-6-7-11-30)27(43)35-19(28(44)45)12-17-13-31-15-32-17)33-21(39)9-10-22(40)48-14-20(38)24-23(41)25(29(46)49-24)50-51(47,36(2)3)37(4)5/h13,15-16,18-20,24,38,41H,6-12,14,30H2,1-5H3,(H,31,32)(H,33,39)(H,34,42)(H,35,43)(H,44,45). The van der Waals surface area contributed by atoms with E-state index in [1.165, 1.54) is 57.0 Å². The van der Waals surface area contributed by atoms with Crippen LogP contribution in [0.25, 0.3) is 0 Å². The Morgan fingerprint density at radius 3 is 2.27 bits per heavy atom. The highest BCUT2D eigenvalue weighted by atomic mass is 31.2. The zero-order chi connectivity index (χ0) is 38.5. The first-order valence-electron chi connectivity index (χ1n) is 15.8. The Hall–Kier alpha value is -4.56. The zero-order valence-corrected chi connectivity index (χ0v) is 29.9. The molecule has 1 aliphatic heterocycles. The number of ether oxygens (including phenoxy) is 2. The number of cyclic esters (lactones) is 1. The van der Waals surface area contributed by atoms with Gasteiger partial charge in [0.1, 0.15) is 30.8 Å². The largest absolute Gasteiger partial charge is 0.505 e. The Morgan fingerprint density at radius 2 is 1.71 bits per heavy atom. The normalized spacial score (nSPS) is 17.0. The number of amides is 3. The smallest absolute Gasteiger partial charge is 0.395 e. The number of nitrogens with zero attached hydrogens (tertiary/aromatic N) is 3. The molecule has 0 radical (unpaired) electrons. The lowest BCUT2D eigenvalue weighted by Crippen LogP contribution is -2.55. The van der Waals surface area contributed by atoms with Gasteiger partial charge in [0.25, 0.3) is 5.76 Å². The average molecular weight is 747 g/mol. The number of rotatable bonds is 22. The van der Waals surface area contributed by atoms with Crippen molar-refractivity contribution in [3.8, 4) is 0 Å². The maximum absolute atomic E-state index is 13.1. The summed E-state index contributed by atoms with van der Waals surface area (Å²) in [5.74, 6) is -7.31. The Balaban J connectivity index is 1.88. The van der Waals surface area contributed by atoms with Crippen molar-refractivity contribution in [3.63, 3.8) is 0 Å². The molecule has 51 heavy (non-hydrogen) atoms. The fraction of sp³-hybridized carbons (Fsp3) is 0.621. The van der Waals surface area contributed by atoms with E-state index in [0.717, 1.165) is 0 Å². The van der Waals surface area contributed by atoms with Crippen LogP contribution in [0, 0.1) is 0 Å². The average Bonchev–Trinajstić information content (AvgIpc) is 3.68. The lowest BCUT2D eigenvalue weighted by Gasteiger charge is -2.29. The number of hydrogen-bond donors (Lipinski definition) is 8. The second-order valence-electron chi connectivity index (χ2n) is 11.9. The van der Waals surface area contributed by atoms with Crippen molar-refractivity contribution in [1.29, 1.82) is 0 Å². The van der Waals surface area contributed by atoms with Gasteiger partial charge in [-0.15, -0.1) is 0 Å². The maximum atomic E-state index is 13.1. The van der Waals surface area contributed by atoms with Gasteiger partial charge in [-0.2, -0.15) is 0 Å². The van der Waals surface area contributed by atoms with Gasteiger partial charge in [-0.1, -0.05) is 0 Å². The molecular formula is C29H47N8O13P. The topological polar surface area (TPSA) is 305 Å². The third-order valence-corrected chi connectivity index (χ3v) is 9.85. The van der Waals surface area contributed by atoms with Crippen molar-refractivity contribution in [2.75, 3.05) is 41.3 Å². The van der Waals surface area contributed by atoms with Crippen LogP contribution >= 0.6 is 7.67 Å². The minimum absolute atomic E-state index is 0.0833. The number of aliphatic hydroxyl groups excluding tert-OH is 2. The van der Waals surface area contributed by atoms with E-state index in [0.29, 0.717) is 25.1 Å². The SMILES string of the molecule is CC(NC(=O)CCC(=O)OCC(O)C1OC(=O)C(OP(=O)(N(C)C)N(C)C)=C1O)C(=O)NC(CCCCN)C(=O)NC(Cc1cnc[nH]1)C(=O)O.